The van der Waals surface area contributed by atoms with Gasteiger partial charge in [-0.15, -0.1) is 0 Å². The Kier molecular flexibility index (Phi) is 8.33. The van der Waals surface area contributed by atoms with Gasteiger partial charge >= 0.3 is 0 Å². The highest BCUT2D eigenvalue weighted by atomic mass is 16.6. The van der Waals surface area contributed by atoms with Crippen molar-refractivity contribution in [1.29, 1.82) is 0 Å². The van der Waals surface area contributed by atoms with Gasteiger partial charge < -0.3 is 19.3 Å². The van der Waals surface area contributed by atoms with Crippen molar-refractivity contribution >= 4 is 0 Å². The largest absolute Gasteiger partial charge is 0.377 e. The molecule has 0 amide bonds. The first kappa shape index (κ1) is 12.8. The second-order valence-corrected chi connectivity index (χ2v) is 3.00. The summed E-state index contributed by atoms with van der Waals surface area (Å²) in [6.07, 6.45) is -0.465. The summed E-state index contributed by atoms with van der Waals surface area (Å²) >= 11 is 0. The monoisotopic (exact) mass is 192 g/mol. The molecule has 0 bridgehead atoms. The Morgan fingerprint density at radius 2 is 1.46 bits per heavy atom. The van der Waals surface area contributed by atoms with E-state index in [9.17, 15) is 0 Å². The smallest absolute Gasteiger partial charge is 0.151 e. The van der Waals surface area contributed by atoms with E-state index < -0.39 is 6.29 Å². The molecule has 80 valence electrons. The fraction of sp³-hybridized carbons (Fsp3) is 1.00. The summed E-state index contributed by atoms with van der Waals surface area (Å²) in [4.78, 5) is 0. The molecule has 1 atom stereocenters. The van der Waals surface area contributed by atoms with Crippen LogP contribution >= 0.6 is 0 Å². The Labute approximate surface area is 79.8 Å². The average Bonchev–Trinajstić information content (AvgIpc) is 2.01. The number of hydrogen-bond donors (Lipinski definition) is 1. The highest BCUT2D eigenvalue weighted by Crippen LogP contribution is 1.88. The molecule has 4 heteroatoms. The van der Waals surface area contributed by atoms with E-state index in [1.54, 1.807) is 6.92 Å². The van der Waals surface area contributed by atoms with Gasteiger partial charge in [0.15, 0.2) is 6.29 Å². The molecule has 0 spiro atoms. The number of hydrogen-bond acceptors (Lipinski definition) is 4. The first-order valence-electron chi connectivity index (χ1n) is 4.62. The first-order chi connectivity index (χ1) is 6.13. The molecule has 0 aromatic carbocycles. The third-order valence-corrected chi connectivity index (χ3v) is 1.27. The van der Waals surface area contributed by atoms with Gasteiger partial charge in [-0.25, -0.2) is 0 Å². The molecule has 0 aromatic rings. The number of aliphatic hydroxyl groups is 1. The van der Waals surface area contributed by atoms with Crippen LogP contribution in [0.4, 0.5) is 0 Å². The van der Waals surface area contributed by atoms with E-state index in [1.807, 2.05) is 13.8 Å². The number of rotatable bonds is 8. The lowest BCUT2D eigenvalue weighted by atomic mass is 10.5. The van der Waals surface area contributed by atoms with Crippen LogP contribution in [0.15, 0.2) is 0 Å². The summed E-state index contributed by atoms with van der Waals surface area (Å²) in [6, 6.07) is 0. The molecule has 0 aliphatic rings. The second kappa shape index (κ2) is 8.44. The van der Waals surface area contributed by atoms with Crippen LogP contribution in [0.1, 0.15) is 20.8 Å². The zero-order chi connectivity index (χ0) is 10.1. The molecule has 0 radical (unpaired) electrons. The van der Waals surface area contributed by atoms with Gasteiger partial charge in [-0.3, -0.25) is 0 Å². The van der Waals surface area contributed by atoms with Gasteiger partial charge in [0.2, 0.25) is 0 Å². The zero-order valence-corrected chi connectivity index (χ0v) is 8.66. The molecule has 0 saturated carbocycles. The third kappa shape index (κ3) is 11.8. The maximum atomic E-state index is 8.73. The second-order valence-electron chi connectivity index (χ2n) is 3.00. The molecule has 0 aliphatic heterocycles. The SMILES string of the molecule is CC(C)OCCOCCOC(C)O. The predicted octanol–water partition coefficient (Wildman–Crippen LogP) is 0.783. The van der Waals surface area contributed by atoms with Crippen LogP contribution < -0.4 is 0 Å². The molecule has 4 nitrogen and oxygen atoms in total. The van der Waals surface area contributed by atoms with Gasteiger partial charge in [-0.05, 0) is 20.8 Å². The van der Waals surface area contributed by atoms with Crippen molar-refractivity contribution in [2.24, 2.45) is 0 Å². The Bertz CT molecular complexity index is 91.8. The number of ether oxygens (including phenoxy) is 3. The molecule has 13 heavy (non-hydrogen) atoms. The highest BCUT2D eigenvalue weighted by Gasteiger charge is 1.95. The van der Waals surface area contributed by atoms with Crippen LogP contribution in [0.5, 0.6) is 0 Å². The van der Waals surface area contributed by atoms with Crippen molar-refractivity contribution in [2.45, 2.75) is 33.2 Å². The van der Waals surface area contributed by atoms with Crippen molar-refractivity contribution < 1.29 is 19.3 Å². The van der Waals surface area contributed by atoms with Crippen molar-refractivity contribution in [2.75, 3.05) is 26.4 Å². The highest BCUT2D eigenvalue weighted by molar-refractivity contribution is 4.37. The van der Waals surface area contributed by atoms with E-state index in [0.717, 1.165) is 0 Å². The minimum Gasteiger partial charge on any atom is -0.377 e. The van der Waals surface area contributed by atoms with E-state index in [1.165, 1.54) is 0 Å². The van der Waals surface area contributed by atoms with Crippen LogP contribution in [0, 0.1) is 0 Å². The molecule has 0 aromatic heterocycles. The third-order valence-electron chi connectivity index (χ3n) is 1.27. The normalized spacial score (nSPS) is 13.6. The standard InChI is InChI=1S/C9H20O4/c1-8(2)12-6-4-11-5-7-13-9(3)10/h8-10H,4-7H2,1-3H3. The fourth-order valence-corrected chi connectivity index (χ4v) is 0.722. The topological polar surface area (TPSA) is 47.9 Å². The summed E-state index contributed by atoms with van der Waals surface area (Å²) in [5.74, 6) is 0. The van der Waals surface area contributed by atoms with Crippen LogP contribution in [0.25, 0.3) is 0 Å². The first-order valence-corrected chi connectivity index (χ1v) is 4.62. The van der Waals surface area contributed by atoms with Crippen molar-refractivity contribution in [1.82, 2.24) is 0 Å². The minimum atomic E-state index is -0.712. The summed E-state index contributed by atoms with van der Waals surface area (Å²) in [5.41, 5.74) is 0. The predicted molar refractivity (Wildman–Crippen MR) is 49.5 cm³/mol. The lowest BCUT2D eigenvalue weighted by Gasteiger charge is -2.09. The maximum Gasteiger partial charge on any atom is 0.151 e. The van der Waals surface area contributed by atoms with Crippen LogP contribution in [-0.2, 0) is 14.2 Å². The van der Waals surface area contributed by atoms with Gasteiger partial charge in [0.25, 0.3) is 0 Å². The number of aliphatic hydroxyl groups excluding tert-OH is 1. The molecule has 0 rings (SSSR count). The average molecular weight is 192 g/mol. The van der Waals surface area contributed by atoms with Crippen molar-refractivity contribution in [3.63, 3.8) is 0 Å². The summed E-state index contributed by atoms with van der Waals surface area (Å²) < 4.78 is 15.3. The summed E-state index contributed by atoms with van der Waals surface area (Å²) in [5, 5.41) is 8.73. The molecule has 1 unspecified atom stereocenters. The van der Waals surface area contributed by atoms with Gasteiger partial charge in [0.05, 0.1) is 32.5 Å². The lowest BCUT2D eigenvalue weighted by molar-refractivity contribution is -0.102. The molecule has 0 aliphatic carbocycles. The van der Waals surface area contributed by atoms with Gasteiger partial charge in [-0.2, -0.15) is 0 Å². The Hall–Kier alpha value is -0.160. The van der Waals surface area contributed by atoms with E-state index in [2.05, 4.69) is 0 Å². The van der Waals surface area contributed by atoms with Crippen molar-refractivity contribution in [3.05, 3.63) is 0 Å². The molecule has 1 N–H and O–H groups in total. The van der Waals surface area contributed by atoms with E-state index in [0.29, 0.717) is 26.4 Å². The fourth-order valence-electron chi connectivity index (χ4n) is 0.722. The molecule has 0 heterocycles. The maximum absolute atomic E-state index is 8.73. The Morgan fingerprint density at radius 3 is 1.92 bits per heavy atom. The van der Waals surface area contributed by atoms with Crippen LogP contribution in [-0.4, -0.2) is 43.9 Å². The quantitative estimate of drug-likeness (QED) is 0.456. The lowest BCUT2D eigenvalue weighted by Crippen LogP contribution is -2.14. The van der Waals surface area contributed by atoms with Gasteiger partial charge in [0.1, 0.15) is 0 Å². The molecular formula is C9H20O4. The van der Waals surface area contributed by atoms with Gasteiger partial charge in [-0.1, -0.05) is 0 Å². The van der Waals surface area contributed by atoms with E-state index in [4.69, 9.17) is 19.3 Å². The Morgan fingerprint density at radius 1 is 0.923 bits per heavy atom. The summed E-state index contributed by atoms with van der Waals surface area (Å²) in [6.45, 7) is 7.62. The zero-order valence-electron chi connectivity index (χ0n) is 8.66. The van der Waals surface area contributed by atoms with Crippen molar-refractivity contribution in [3.8, 4) is 0 Å². The van der Waals surface area contributed by atoms with Gasteiger partial charge in [0, 0.05) is 0 Å². The molecule has 0 saturated heterocycles. The van der Waals surface area contributed by atoms with E-state index >= 15 is 0 Å². The Balaban J connectivity index is 2.92. The van der Waals surface area contributed by atoms with Crippen LogP contribution in [0.3, 0.4) is 0 Å². The molecule has 0 fully saturated rings. The minimum absolute atomic E-state index is 0.248. The summed E-state index contributed by atoms with van der Waals surface area (Å²) in [7, 11) is 0. The van der Waals surface area contributed by atoms with E-state index in [-0.39, 0.29) is 6.10 Å². The van der Waals surface area contributed by atoms with Crippen LogP contribution in [0.2, 0.25) is 0 Å². The molecular weight excluding hydrogens is 172 g/mol.